The predicted octanol–water partition coefficient (Wildman–Crippen LogP) is 2.75. The molecule has 22 heavy (non-hydrogen) atoms. The van der Waals surface area contributed by atoms with Gasteiger partial charge in [0.1, 0.15) is 6.61 Å². The van der Waals surface area contributed by atoms with Gasteiger partial charge in [0.2, 0.25) is 0 Å². The fourth-order valence-electron chi connectivity index (χ4n) is 2.23. The molecular weight excluding hydrogens is 305 g/mol. The Labute approximate surface area is 131 Å². The molecule has 0 bridgehead atoms. The summed E-state index contributed by atoms with van der Waals surface area (Å²) in [5.74, 6) is 0.0174. The summed E-state index contributed by atoms with van der Waals surface area (Å²) >= 11 is 0. The van der Waals surface area contributed by atoms with Crippen molar-refractivity contribution in [1.29, 1.82) is 0 Å². The fourth-order valence-corrected chi connectivity index (χ4v) is 3.18. The van der Waals surface area contributed by atoms with Gasteiger partial charge in [-0.2, -0.15) is 0 Å². The van der Waals surface area contributed by atoms with E-state index in [-0.39, 0.29) is 25.2 Å². The van der Waals surface area contributed by atoms with E-state index in [0.29, 0.717) is 12.3 Å². The molecule has 0 fully saturated rings. The van der Waals surface area contributed by atoms with Gasteiger partial charge >= 0.3 is 13.7 Å². The second-order valence-electron chi connectivity index (χ2n) is 5.79. The molecule has 3 N–H and O–H groups in total. The van der Waals surface area contributed by atoms with Gasteiger partial charge < -0.3 is 19.8 Å². The molecule has 6 nitrogen and oxygen atoms in total. The van der Waals surface area contributed by atoms with E-state index >= 15 is 0 Å². The Morgan fingerprint density at radius 2 is 1.91 bits per heavy atom. The summed E-state index contributed by atoms with van der Waals surface area (Å²) in [6, 6.07) is 9.29. The van der Waals surface area contributed by atoms with Crippen molar-refractivity contribution in [2.75, 3.05) is 12.7 Å². The van der Waals surface area contributed by atoms with E-state index in [9.17, 15) is 9.36 Å². The minimum atomic E-state index is -4.09. The second kappa shape index (κ2) is 8.93. The predicted molar refractivity (Wildman–Crippen MR) is 84.5 cm³/mol. The van der Waals surface area contributed by atoms with Crippen LogP contribution >= 0.6 is 7.60 Å². The summed E-state index contributed by atoms with van der Waals surface area (Å²) in [5.41, 5.74) is 0.881. The maximum absolute atomic E-state index is 11.6. The van der Waals surface area contributed by atoms with E-state index in [2.05, 4.69) is 5.32 Å². The van der Waals surface area contributed by atoms with Gasteiger partial charge in [-0.15, -0.1) is 0 Å². The summed E-state index contributed by atoms with van der Waals surface area (Å²) in [7, 11) is -4.09. The van der Waals surface area contributed by atoms with Crippen molar-refractivity contribution < 1.29 is 23.9 Å². The molecule has 0 aliphatic rings. The fraction of sp³-hybridized carbons (Fsp3) is 0.533. The van der Waals surface area contributed by atoms with Crippen molar-refractivity contribution in [1.82, 2.24) is 5.32 Å². The van der Waals surface area contributed by atoms with Gasteiger partial charge in [-0.3, -0.25) is 4.57 Å². The molecule has 1 rings (SSSR count). The molecule has 0 radical (unpaired) electrons. The van der Waals surface area contributed by atoms with Crippen molar-refractivity contribution >= 4 is 13.7 Å². The summed E-state index contributed by atoms with van der Waals surface area (Å²) in [5, 5.41) is 2.58. The zero-order valence-corrected chi connectivity index (χ0v) is 13.8. The summed E-state index contributed by atoms with van der Waals surface area (Å²) in [6.07, 6.45) is -0.183. The Morgan fingerprint density at radius 1 is 1.27 bits per heavy atom. The molecule has 0 aliphatic carbocycles. The smallest absolute Gasteiger partial charge is 0.407 e. The molecule has 1 aromatic rings. The van der Waals surface area contributed by atoms with E-state index in [1.54, 1.807) is 0 Å². The third-order valence-electron chi connectivity index (χ3n) is 3.05. The van der Waals surface area contributed by atoms with E-state index in [1.807, 2.05) is 44.2 Å². The van der Waals surface area contributed by atoms with Crippen LogP contribution in [0.5, 0.6) is 0 Å². The molecule has 1 atom stereocenters. The molecule has 0 spiro atoms. The van der Waals surface area contributed by atoms with E-state index in [4.69, 9.17) is 14.5 Å². The first kappa shape index (κ1) is 18.7. The Hall–Kier alpha value is -1.36. The lowest BCUT2D eigenvalue weighted by Crippen LogP contribution is -2.31. The molecular formula is C15H24NO5P. The van der Waals surface area contributed by atoms with Crippen molar-refractivity contribution in [3.05, 3.63) is 35.9 Å². The standard InChI is InChI=1S/C15H24NO5P/c1-12(2)8-14(11-22(18,19)20)9-16-15(17)21-10-13-6-4-3-5-7-13/h3-7,12,14H,8-11H2,1-2H3,(H,16,17)(H2,18,19,20). The highest BCUT2D eigenvalue weighted by Gasteiger charge is 2.23. The Bertz CT molecular complexity index is 500. The Kier molecular flexibility index (Phi) is 7.59. The number of rotatable bonds is 8. The van der Waals surface area contributed by atoms with Gasteiger partial charge in [-0.05, 0) is 23.8 Å². The Balaban J connectivity index is 2.39. The lowest BCUT2D eigenvalue weighted by atomic mass is 9.99. The first-order valence-electron chi connectivity index (χ1n) is 7.25. The topological polar surface area (TPSA) is 95.9 Å². The summed E-state index contributed by atoms with van der Waals surface area (Å²) in [6.45, 7) is 4.30. The van der Waals surface area contributed by atoms with E-state index in [1.165, 1.54) is 0 Å². The lowest BCUT2D eigenvalue weighted by Gasteiger charge is -2.20. The normalized spacial score (nSPS) is 13.0. The minimum absolute atomic E-state index is 0.167. The number of nitrogens with one attached hydrogen (secondary N) is 1. The van der Waals surface area contributed by atoms with Crippen molar-refractivity contribution in [3.63, 3.8) is 0 Å². The Morgan fingerprint density at radius 3 is 2.45 bits per heavy atom. The molecule has 1 unspecified atom stereocenters. The number of carbonyl (C=O) groups is 1. The van der Waals surface area contributed by atoms with Crippen molar-refractivity contribution in [2.24, 2.45) is 11.8 Å². The average molecular weight is 329 g/mol. The van der Waals surface area contributed by atoms with Crippen LogP contribution < -0.4 is 5.32 Å². The number of alkyl carbamates (subject to hydrolysis) is 1. The second-order valence-corrected chi connectivity index (χ2v) is 7.48. The van der Waals surface area contributed by atoms with E-state index in [0.717, 1.165) is 5.56 Å². The number of benzene rings is 1. The van der Waals surface area contributed by atoms with Gasteiger partial charge in [-0.25, -0.2) is 4.79 Å². The number of amides is 1. The van der Waals surface area contributed by atoms with Gasteiger partial charge in [-0.1, -0.05) is 44.2 Å². The van der Waals surface area contributed by atoms with Crippen LogP contribution in [0.15, 0.2) is 30.3 Å². The van der Waals surface area contributed by atoms with Crippen molar-refractivity contribution in [2.45, 2.75) is 26.9 Å². The summed E-state index contributed by atoms with van der Waals surface area (Å²) < 4.78 is 16.2. The highest BCUT2D eigenvalue weighted by atomic mass is 31.2. The first-order chi connectivity index (χ1) is 10.3. The zero-order chi connectivity index (χ0) is 16.6. The van der Waals surface area contributed by atoms with Gasteiger partial charge in [0.15, 0.2) is 0 Å². The first-order valence-corrected chi connectivity index (χ1v) is 9.05. The molecule has 1 amide bonds. The third-order valence-corrected chi connectivity index (χ3v) is 4.04. The minimum Gasteiger partial charge on any atom is -0.445 e. The molecule has 0 aliphatic heterocycles. The molecule has 0 saturated carbocycles. The molecule has 0 aromatic heterocycles. The lowest BCUT2D eigenvalue weighted by molar-refractivity contribution is 0.137. The summed E-state index contributed by atoms with van der Waals surface area (Å²) in [4.78, 5) is 29.8. The van der Waals surface area contributed by atoms with Gasteiger partial charge in [0.05, 0.1) is 6.16 Å². The number of carbonyl (C=O) groups excluding carboxylic acids is 1. The molecule has 0 heterocycles. The maximum atomic E-state index is 11.6. The molecule has 7 heteroatoms. The van der Waals surface area contributed by atoms with Crippen LogP contribution in [-0.4, -0.2) is 28.6 Å². The van der Waals surface area contributed by atoms with Crippen LogP contribution in [0, 0.1) is 11.8 Å². The number of ether oxygens (including phenoxy) is 1. The van der Waals surface area contributed by atoms with Crippen LogP contribution in [-0.2, 0) is 15.9 Å². The number of hydrogen-bond acceptors (Lipinski definition) is 3. The largest absolute Gasteiger partial charge is 0.445 e. The zero-order valence-electron chi connectivity index (χ0n) is 12.9. The maximum Gasteiger partial charge on any atom is 0.407 e. The third kappa shape index (κ3) is 8.82. The SMILES string of the molecule is CC(C)CC(CNC(=O)OCc1ccccc1)CP(=O)(O)O. The molecule has 124 valence electrons. The van der Waals surface area contributed by atoms with Crippen molar-refractivity contribution in [3.8, 4) is 0 Å². The van der Waals surface area contributed by atoms with Gasteiger partial charge in [0.25, 0.3) is 0 Å². The van der Waals surface area contributed by atoms with Crippen LogP contribution in [0.25, 0.3) is 0 Å². The monoisotopic (exact) mass is 329 g/mol. The highest BCUT2D eigenvalue weighted by molar-refractivity contribution is 7.51. The van der Waals surface area contributed by atoms with E-state index < -0.39 is 13.7 Å². The van der Waals surface area contributed by atoms with Crippen LogP contribution in [0.4, 0.5) is 4.79 Å². The van der Waals surface area contributed by atoms with Gasteiger partial charge in [0, 0.05) is 6.54 Å². The number of hydrogen-bond donors (Lipinski definition) is 3. The molecule has 1 aromatic carbocycles. The highest BCUT2D eigenvalue weighted by Crippen LogP contribution is 2.38. The quantitative estimate of drug-likeness (QED) is 0.637. The average Bonchev–Trinajstić information content (AvgIpc) is 2.41. The van der Waals surface area contributed by atoms with Crippen LogP contribution in [0.1, 0.15) is 25.8 Å². The van der Waals surface area contributed by atoms with Crippen LogP contribution in [0.3, 0.4) is 0 Å². The van der Waals surface area contributed by atoms with Crippen LogP contribution in [0.2, 0.25) is 0 Å². The molecule has 0 saturated heterocycles.